The zero-order valence-corrected chi connectivity index (χ0v) is 14.8. The number of nitrogens with zero attached hydrogens (tertiary/aromatic N) is 3. The zero-order valence-electron chi connectivity index (χ0n) is 14.8. The minimum absolute atomic E-state index is 0.0615. The molecular weight excluding hydrogens is 292 g/mol. The predicted molar refractivity (Wildman–Crippen MR) is 92.5 cm³/mol. The maximum absolute atomic E-state index is 11.9. The molecule has 1 atom stereocenters. The summed E-state index contributed by atoms with van der Waals surface area (Å²) >= 11 is 0. The Balaban J connectivity index is 1.90. The topological polar surface area (TPSA) is 57.2 Å². The van der Waals surface area contributed by atoms with Crippen LogP contribution in [0.1, 0.15) is 34.1 Å². The van der Waals surface area contributed by atoms with Crippen LogP contribution in [0, 0.1) is 0 Å². The number of rotatable bonds is 4. The van der Waals surface area contributed by atoms with Gasteiger partial charge in [0.25, 0.3) is 0 Å². The van der Waals surface area contributed by atoms with E-state index in [1.807, 2.05) is 27.7 Å². The number of hydrogen-bond acceptors (Lipinski definition) is 4. The number of ether oxygens (including phenoxy) is 1. The van der Waals surface area contributed by atoms with E-state index in [9.17, 15) is 4.79 Å². The van der Waals surface area contributed by atoms with Crippen molar-refractivity contribution >= 4 is 11.9 Å². The van der Waals surface area contributed by atoms with Crippen LogP contribution in [-0.4, -0.2) is 72.6 Å². The molecular formula is C17H30N4O2. The molecule has 1 fully saturated rings. The van der Waals surface area contributed by atoms with E-state index in [0.29, 0.717) is 6.04 Å². The molecule has 1 N–H and O–H groups in total. The van der Waals surface area contributed by atoms with Crippen LogP contribution in [0.15, 0.2) is 17.1 Å². The van der Waals surface area contributed by atoms with Crippen LogP contribution in [0.3, 0.4) is 0 Å². The van der Waals surface area contributed by atoms with E-state index in [2.05, 4.69) is 32.3 Å². The second-order valence-corrected chi connectivity index (χ2v) is 7.07. The summed E-state index contributed by atoms with van der Waals surface area (Å²) in [6.07, 6.45) is 5.59. The van der Waals surface area contributed by atoms with E-state index in [4.69, 9.17) is 4.74 Å². The van der Waals surface area contributed by atoms with Crippen LogP contribution in [0.25, 0.3) is 0 Å². The molecule has 0 saturated carbocycles. The highest BCUT2D eigenvalue weighted by Gasteiger charge is 2.29. The Bertz CT molecular complexity index is 460. The summed E-state index contributed by atoms with van der Waals surface area (Å²) in [7, 11) is 0. The molecule has 2 aliphatic rings. The lowest BCUT2D eigenvalue weighted by Crippen LogP contribution is -2.43. The normalized spacial score (nSPS) is 22.7. The molecule has 0 amide bonds. The molecule has 2 aliphatic heterocycles. The van der Waals surface area contributed by atoms with Crippen LogP contribution in [0.4, 0.5) is 0 Å². The van der Waals surface area contributed by atoms with Gasteiger partial charge in [0.2, 0.25) is 0 Å². The molecule has 6 heteroatoms. The highest BCUT2D eigenvalue weighted by molar-refractivity contribution is 5.83. The SMILES string of the molecule is CCNC(=NCC(=O)OC(C)(C)C)N1CCC(N2CC=CC2)C1. The Kier molecular flexibility index (Phi) is 6.04. The third-order valence-corrected chi connectivity index (χ3v) is 3.94. The Hall–Kier alpha value is -1.56. The second-order valence-electron chi connectivity index (χ2n) is 7.07. The fraction of sp³-hybridized carbons (Fsp3) is 0.765. The first kappa shape index (κ1) is 17.8. The van der Waals surface area contributed by atoms with Crippen LogP contribution in [0.2, 0.25) is 0 Å². The number of carbonyl (C=O) groups excluding carboxylic acids is 1. The predicted octanol–water partition coefficient (Wildman–Crippen LogP) is 1.24. The number of esters is 1. The molecule has 0 spiro atoms. The van der Waals surface area contributed by atoms with Crippen molar-refractivity contribution in [3.63, 3.8) is 0 Å². The van der Waals surface area contributed by atoms with Crippen molar-refractivity contribution in [3.05, 3.63) is 12.2 Å². The summed E-state index contributed by atoms with van der Waals surface area (Å²) in [6, 6.07) is 0.565. The number of aliphatic imine (C=N–C) groups is 1. The highest BCUT2D eigenvalue weighted by atomic mass is 16.6. The zero-order chi connectivity index (χ0) is 16.9. The molecule has 0 aliphatic carbocycles. The van der Waals surface area contributed by atoms with Gasteiger partial charge < -0.3 is 15.0 Å². The van der Waals surface area contributed by atoms with Crippen LogP contribution in [0.5, 0.6) is 0 Å². The number of likely N-dealkylation sites (tertiary alicyclic amines) is 1. The van der Waals surface area contributed by atoms with Crippen LogP contribution >= 0.6 is 0 Å². The van der Waals surface area contributed by atoms with E-state index in [1.165, 1.54) is 0 Å². The molecule has 2 heterocycles. The lowest BCUT2D eigenvalue weighted by molar-refractivity contribution is -0.152. The largest absolute Gasteiger partial charge is 0.459 e. The summed E-state index contributed by atoms with van der Waals surface area (Å²) in [5.74, 6) is 0.528. The van der Waals surface area contributed by atoms with E-state index in [-0.39, 0.29) is 12.5 Å². The van der Waals surface area contributed by atoms with Gasteiger partial charge in [-0.2, -0.15) is 0 Å². The van der Waals surface area contributed by atoms with Crippen LogP contribution < -0.4 is 5.32 Å². The monoisotopic (exact) mass is 322 g/mol. The molecule has 6 nitrogen and oxygen atoms in total. The van der Waals surface area contributed by atoms with E-state index < -0.39 is 5.60 Å². The first-order chi connectivity index (χ1) is 10.9. The van der Waals surface area contributed by atoms with Gasteiger partial charge in [-0.3, -0.25) is 9.69 Å². The number of hydrogen-bond donors (Lipinski definition) is 1. The molecule has 0 aromatic carbocycles. The molecule has 2 rings (SSSR count). The lowest BCUT2D eigenvalue weighted by Gasteiger charge is -2.25. The summed E-state index contributed by atoms with van der Waals surface area (Å²) in [5.41, 5.74) is -0.466. The second kappa shape index (κ2) is 7.81. The van der Waals surface area contributed by atoms with Crippen LogP contribution in [-0.2, 0) is 9.53 Å². The number of nitrogens with one attached hydrogen (secondary N) is 1. The number of carbonyl (C=O) groups is 1. The van der Waals surface area contributed by atoms with Gasteiger partial charge in [-0.25, -0.2) is 4.99 Å². The van der Waals surface area contributed by atoms with Gasteiger partial charge in [-0.15, -0.1) is 0 Å². The van der Waals surface area contributed by atoms with Gasteiger partial charge in [0.15, 0.2) is 5.96 Å². The first-order valence-corrected chi connectivity index (χ1v) is 8.53. The fourth-order valence-electron chi connectivity index (χ4n) is 2.96. The van der Waals surface area contributed by atoms with Crippen molar-refractivity contribution in [1.29, 1.82) is 0 Å². The van der Waals surface area contributed by atoms with Gasteiger partial charge in [0.05, 0.1) is 0 Å². The van der Waals surface area contributed by atoms with Crippen molar-refractivity contribution in [2.75, 3.05) is 39.3 Å². The summed E-state index contributed by atoms with van der Waals surface area (Å²) in [4.78, 5) is 21.1. The van der Waals surface area contributed by atoms with Gasteiger partial charge >= 0.3 is 5.97 Å². The smallest absolute Gasteiger partial charge is 0.328 e. The van der Waals surface area contributed by atoms with Gasteiger partial charge in [0, 0.05) is 38.8 Å². The van der Waals surface area contributed by atoms with E-state index in [1.54, 1.807) is 0 Å². The maximum Gasteiger partial charge on any atom is 0.328 e. The average Bonchev–Trinajstić information content (AvgIpc) is 3.11. The average molecular weight is 322 g/mol. The molecule has 0 aromatic heterocycles. The molecule has 1 unspecified atom stereocenters. The maximum atomic E-state index is 11.9. The van der Waals surface area contributed by atoms with E-state index >= 15 is 0 Å². The summed E-state index contributed by atoms with van der Waals surface area (Å²) < 4.78 is 5.32. The first-order valence-electron chi connectivity index (χ1n) is 8.53. The Labute approximate surface area is 139 Å². The quantitative estimate of drug-likeness (QED) is 0.365. The minimum Gasteiger partial charge on any atom is -0.459 e. The van der Waals surface area contributed by atoms with Crippen molar-refractivity contribution in [2.24, 2.45) is 4.99 Å². The van der Waals surface area contributed by atoms with Gasteiger partial charge in [-0.1, -0.05) is 12.2 Å². The standard InChI is InChI=1S/C17H30N4O2/c1-5-18-16(19-12-15(22)23-17(2,3)4)21-11-8-14(13-21)20-9-6-7-10-20/h6-7,14H,5,8-13H2,1-4H3,(H,18,19). The molecule has 23 heavy (non-hydrogen) atoms. The van der Waals surface area contributed by atoms with Crippen molar-refractivity contribution in [3.8, 4) is 0 Å². The van der Waals surface area contributed by atoms with Gasteiger partial charge in [0.1, 0.15) is 12.1 Å². The highest BCUT2D eigenvalue weighted by Crippen LogP contribution is 2.18. The van der Waals surface area contributed by atoms with Crippen molar-refractivity contribution in [2.45, 2.75) is 45.8 Å². The summed E-state index contributed by atoms with van der Waals surface area (Å²) in [5, 5.41) is 3.29. The third-order valence-electron chi connectivity index (χ3n) is 3.94. The van der Waals surface area contributed by atoms with Crippen molar-refractivity contribution < 1.29 is 9.53 Å². The Morgan fingerprint density at radius 1 is 1.35 bits per heavy atom. The lowest BCUT2D eigenvalue weighted by atomic mass is 10.2. The molecule has 1 saturated heterocycles. The molecule has 0 radical (unpaired) electrons. The third kappa shape index (κ3) is 5.53. The van der Waals surface area contributed by atoms with Gasteiger partial charge in [-0.05, 0) is 34.1 Å². The minimum atomic E-state index is -0.466. The number of guanidine groups is 1. The molecule has 0 aromatic rings. The van der Waals surface area contributed by atoms with Crippen molar-refractivity contribution in [1.82, 2.24) is 15.1 Å². The Morgan fingerprint density at radius 2 is 2.04 bits per heavy atom. The summed E-state index contributed by atoms with van der Waals surface area (Å²) in [6.45, 7) is 12.5. The Morgan fingerprint density at radius 3 is 2.65 bits per heavy atom. The fourth-order valence-corrected chi connectivity index (χ4v) is 2.96. The molecule has 130 valence electrons. The molecule has 0 bridgehead atoms. The van der Waals surface area contributed by atoms with E-state index in [0.717, 1.165) is 45.1 Å².